The van der Waals surface area contributed by atoms with Crippen LogP contribution >= 0.6 is 15.9 Å². The monoisotopic (exact) mass is 285 g/mol. The Morgan fingerprint density at radius 3 is 2.81 bits per heavy atom. The summed E-state index contributed by atoms with van der Waals surface area (Å²) >= 11 is 3.30. The number of carboxylic acids is 1. The molecule has 0 aliphatic heterocycles. The van der Waals surface area contributed by atoms with Gasteiger partial charge < -0.3 is 9.84 Å². The highest BCUT2D eigenvalue weighted by molar-refractivity contribution is 9.10. The van der Waals surface area contributed by atoms with Crippen LogP contribution in [0.3, 0.4) is 0 Å². The molecule has 1 N–H and O–H groups in total. The van der Waals surface area contributed by atoms with Crippen molar-refractivity contribution < 1.29 is 14.6 Å². The van der Waals surface area contributed by atoms with Gasteiger partial charge in [0.2, 0.25) is 0 Å². The molecule has 0 saturated heterocycles. The third-order valence-electron chi connectivity index (χ3n) is 2.75. The number of ether oxygens (including phenoxy) is 1. The maximum Gasteiger partial charge on any atom is 0.307 e. The minimum Gasteiger partial charge on any atom is -0.485 e. The lowest BCUT2D eigenvalue weighted by Crippen LogP contribution is -2.45. The second kappa shape index (κ2) is 4.41. The van der Waals surface area contributed by atoms with Gasteiger partial charge >= 0.3 is 5.97 Å². The summed E-state index contributed by atoms with van der Waals surface area (Å²) in [5, 5.41) is 8.84. The van der Waals surface area contributed by atoms with Gasteiger partial charge in [0.15, 0.2) is 0 Å². The minimum absolute atomic E-state index is 0.0551. The number of pyridine rings is 1. The maximum absolute atomic E-state index is 10.8. The van der Waals surface area contributed by atoms with Crippen molar-refractivity contribution in [2.24, 2.45) is 0 Å². The van der Waals surface area contributed by atoms with Gasteiger partial charge in [0.05, 0.1) is 12.6 Å². The second-order valence-electron chi connectivity index (χ2n) is 4.05. The summed E-state index contributed by atoms with van der Waals surface area (Å²) in [6.45, 7) is 0. The lowest BCUT2D eigenvalue weighted by Gasteiger charge is -2.40. The molecule has 1 aliphatic carbocycles. The molecule has 0 unspecified atom stereocenters. The fourth-order valence-electron chi connectivity index (χ4n) is 1.86. The molecule has 1 saturated carbocycles. The van der Waals surface area contributed by atoms with E-state index in [0.717, 1.165) is 23.7 Å². The van der Waals surface area contributed by atoms with E-state index in [1.807, 2.05) is 0 Å². The topological polar surface area (TPSA) is 59.4 Å². The van der Waals surface area contributed by atoms with Gasteiger partial charge in [-0.2, -0.15) is 0 Å². The van der Waals surface area contributed by atoms with Crippen LogP contribution in [0.2, 0.25) is 0 Å². The van der Waals surface area contributed by atoms with E-state index in [9.17, 15) is 4.79 Å². The zero-order valence-electron chi connectivity index (χ0n) is 8.65. The zero-order chi connectivity index (χ0) is 11.6. The molecule has 1 aromatic heterocycles. The molecule has 1 fully saturated rings. The van der Waals surface area contributed by atoms with Gasteiger partial charge in [-0.25, -0.2) is 0 Å². The summed E-state index contributed by atoms with van der Waals surface area (Å²) < 4.78 is 6.58. The van der Waals surface area contributed by atoms with Gasteiger partial charge in [-0.1, -0.05) is 0 Å². The van der Waals surface area contributed by atoms with Crippen LogP contribution in [0.1, 0.15) is 25.7 Å². The lowest BCUT2D eigenvalue weighted by molar-refractivity contribution is -0.144. The Kier molecular flexibility index (Phi) is 3.14. The van der Waals surface area contributed by atoms with Crippen LogP contribution in [0.5, 0.6) is 5.75 Å². The fraction of sp³-hybridized carbons (Fsp3) is 0.455. The first-order valence-electron chi connectivity index (χ1n) is 5.11. The Labute approximate surface area is 102 Å². The Morgan fingerprint density at radius 1 is 1.56 bits per heavy atom. The number of rotatable bonds is 4. The van der Waals surface area contributed by atoms with Crippen molar-refractivity contribution in [1.29, 1.82) is 0 Å². The van der Waals surface area contributed by atoms with Crippen molar-refractivity contribution >= 4 is 21.9 Å². The number of aromatic nitrogens is 1. The first kappa shape index (κ1) is 11.4. The van der Waals surface area contributed by atoms with Gasteiger partial charge in [-0.15, -0.1) is 0 Å². The molecule has 0 spiro atoms. The Bertz CT molecular complexity index is 404. The van der Waals surface area contributed by atoms with Gasteiger partial charge in [0.1, 0.15) is 11.4 Å². The van der Waals surface area contributed by atoms with Crippen LogP contribution in [0.4, 0.5) is 0 Å². The molecule has 16 heavy (non-hydrogen) atoms. The minimum atomic E-state index is -0.817. The summed E-state index contributed by atoms with van der Waals surface area (Å²) in [6.07, 6.45) is 5.94. The van der Waals surface area contributed by atoms with E-state index >= 15 is 0 Å². The number of halogens is 1. The molecular weight excluding hydrogens is 274 g/mol. The average Bonchev–Trinajstić information content (AvgIpc) is 2.13. The molecule has 1 aromatic rings. The molecule has 1 aliphatic rings. The first-order valence-corrected chi connectivity index (χ1v) is 5.90. The van der Waals surface area contributed by atoms with Crippen molar-refractivity contribution in [2.75, 3.05) is 0 Å². The summed E-state index contributed by atoms with van der Waals surface area (Å²) in [4.78, 5) is 14.7. The van der Waals surface area contributed by atoms with Crippen LogP contribution in [0.15, 0.2) is 22.9 Å². The molecule has 0 atom stereocenters. The molecule has 0 bridgehead atoms. The van der Waals surface area contributed by atoms with E-state index < -0.39 is 11.6 Å². The van der Waals surface area contributed by atoms with E-state index in [-0.39, 0.29) is 6.42 Å². The van der Waals surface area contributed by atoms with E-state index in [4.69, 9.17) is 9.84 Å². The largest absolute Gasteiger partial charge is 0.485 e. The van der Waals surface area contributed by atoms with Crippen molar-refractivity contribution in [3.8, 4) is 5.75 Å². The number of hydrogen-bond acceptors (Lipinski definition) is 3. The molecule has 0 radical (unpaired) electrons. The number of hydrogen-bond donors (Lipinski definition) is 1. The second-order valence-corrected chi connectivity index (χ2v) is 4.96. The molecule has 0 aromatic carbocycles. The van der Waals surface area contributed by atoms with Gasteiger partial charge in [0.25, 0.3) is 0 Å². The first-order chi connectivity index (χ1) is 7.60. The van der Waals surface area contributed by atoms with Crippen LogP contribution in [0, 0.1) is 0 Å². The third-order valence-corrected chi connectivity index (χ3v) is 3.19. The van der Waals surface area contributed by atoms with Gasteiger partial charge in [0, 0.05) is 10.7 Å². The van der Waals surface area contributed by atoms with Crippen molar-refractivity contribution in [3.63, 3.8) is 0 Å². The van der Waals surface area contributed by atoms with Crippen LogP contribution in [-0.2, 0) is 4.79 Å². The van der Waals surface area contributed by atoms with Gasteiger partial charge in [-0.3, -0.25) is 9.78 Å². The smallest absolute Gasteiger partial charge is 0.307 e. The lowest BCUT2D eigenvalue weighted by atomic mass is 9.77. The van der Waals surface area contributed by atoms with Crippen molar-refractivity contribution in [3.05, 3.63) is 22.9 Å². The number of nitrogens with zero attached hydrogens (tertiary/aromatic N) is 1. The number of carbonyl (C=O) groups is 1. The quantitative estimate of drug-likeness (QED) is 0.924. The third kappa shape index (κ3) is 2.52. The van der Waals surface area contributed by atoms with Gasteiger partial charge in [-0.05, 0) is 41.3 Å². The highest BCUT2D eigenvalue weighted by Gasteiger charge is 2.41. The normalized spacial score (nSPS) is 17.6. The summed E-state index contributed by atoms with van der Waals surface area (Å²) in [5.41, 5.74) is -0.520. The molecule has 86 valence electrons. The fourth-order valence-corrected chi connectivity index (χ4v) is 2.20. The SMILES string of the molecule is O=C(O)CC1(Oc2cncc(Br)c2)CCC1. The van der Waals surface area contributed by atoms with Crippen molar-refractivity contribution in [2.45, 2.75) is 31.3 Å². The Hall–Kier alpha value is -1.10. The predicted molar refractivity (Wildman–Crippen MR) is 61.4 cm³/mol. The Balaban J connectivity index is 2.09. The molecule has 5 heteroatoms. The highest BCUT2D eigenvalue weighted by atomic mass is 79.9. The Morgan fingerprint density at radius 2 is 2.31 bits per heavy atom. The zero-order valence-corrected chi connectivity index (χ0v) is 10.2. The van der Waals surface area contributed by atoms with E-state index in [0.29, 0.717) is 5.75 Å². The molecule has 0 amide bonds. The van der Waals surface area contributed by atoms with Crippen LogP contribution in [0.25, 0.3) is 0 Å². The van der Waals surface area contributed by atoms with Crippen LogP contribution in [-0.4, -0.2) is 21.7 Å². The summed E-state index contributed by atoms with van der Waals surface area (Å²) in [7, 11) is 0. The molecule has 1 heterocycles. The number of aliphatic carboxylic acids is 1. The standard InChI is InChI=1S/C11H12BrNO3/c12-8-4-9(7-13-6-8)16-11(2-1-3-11)5-10(14)15/h4,6-7H,1-3,5H2,(H,14,15). The molecular formula is C11H12BrNO3. The molecule has 2 rings (SSSR count). The average molecular weight is 286 g/mol. The molecule has 4 nitrogen and oxygen atoms in total. The van der Waals surface area contributed by atoms with E-state index in [1.165, 1.54) is 0 Å². The maximum atomic E-state index is 10.8. The predicted octanol–water partition coefficient (Wildman–Crippen LogP) is 2.62. The van der Waals surface area contributed by atoms with Crippen LogP contribution < -0.4 is 4.74 Å². The van der Waals surface area contributed by atoms with E-state index in [1.54, 1.807) is 18.5 Å². The summed E-state index contributed by atoms with van der Waals surface area (Å²) in [5.74, 6) is -0.196. The van der Waals surface area contributed by atoms with E-state index in [2.05, 4.69) is 20.9 Å². The summed E-state index contributed by atoms with van der Waals surface area (Å²) in [6, 6.07) is 1.80. The van der Waals surface area contributed by atoms with Crippen molar-refractivity contribution in [1.82, 2.24) is 4.98 Å². The highest BCUT2D eigenvalue weighted by Crippen LogP contribution is 2.39. The number of carboxylic acid groups (broad SMARTS) is 1.